The third-order valence-corrected chi connectivity index (χ3v) is 3.88. The van der Waals surface area contributed by atoms with Gasteiger partial charge in [-0.2, -0.15) is 0 Å². The number of carbonyl (C=O) groups is 1. The van der Waals surface area contributed by atoms with Crippen LogP contribution in [0.2, 0.25) is 0 Å². The lowest BCUT2D eigenvalue weighted by atomic mass is 10.1. The number of allylic oxidation sites excluding steroid dienone is 2. The first-order valence-corrected chi connectivity index (χ1v) is 9.43. The van der Waals surface area contributed by atoms with E-state index < -0.39 is 0 Å². The van der Waals surface area contributed by atoms with Gasteiger partial charge in [0.2, 0.25) is 0 Å². The Bertz CT molecular complexity index is 820. The summed E-state index contributed by atoms with van der Waals surface area (Å²) in [6, 6.07) is 17.5. The zero-order chi connectivity index (χ0) is 19.2. The van der Waals surface area contributed by atoms with E-state index in [-0.39, 0.29) is 12.6 Å². The molecule has 0 saturated heterocycles. The molecule has 2 aromatic rings. The summed E-state index contributed by atoms with van der Waals surface area (Å²) in [7, 11) is 0. The lowest BCUT2D eigenvalue weighted by molar-refractivity contribution is 0.0549. The van der Waals surface area contributed by atoms with Gasteiger partial charge in [0.15, 0.2) is 0 Å². The minimum Gasteiger partial charge on any atom is -0.458 e. The van der Waals surface area contributed by atoms with Gasteiger partial charge in [-0.1, -0.05) is 92.0 Å². The standard InChI is InChI=1S/C25H26O2/c1-2-3-4-11-18-23-19-12-13-20-24(23)25(26)27-21-14-6-5-8-15-22-16-9-7-10-17-22/h6-10,12-17,19-20H,2-5,21H2,1H3/b14-6+,15-8+. The Morgan fingerprint density at radius 1 is 1.00 bits per heavy atom. The number of hydrogen-bond donors (Lipinski definition) is 0. The lowest BCUT2D eigenvalue weighted by Crippen LogP contribution is -2.07. The van der Waals surface area contributed by atoms with Crippen molar-refractivity contribution in [3.63, 3.8) is 0 Å². The van der Waals surface area contributed by atoms with Crippen LogP contribution in [0.15, 0.2) is 72.8 Å². The molecular weight excluding hydrogens is 332 g/mol. The van der Waals surface area contributed by atoms with E-state index in [1.165, 1.54) is 5.56 Å². The van der Waals surface area contributed by atoms with E-state index in [1.54, 1.807) is 6.07 Å². The van der Waals surface area contributed by atoms with Crippen LogP contribution >= 0.6 is 0 Å². The minimum absolute atomic E-state index is 0.260. The molecular formula is C25H26O2. The summed E-state index contributed by atoms with van der Waals surface area (Å²) < 4.78 is 5.34. The Kier molecular flexibility index (Phi) is 9.25. The molecule has 2 aromatic carbocycles. The second kappa shape index (κ2) is 12.3. The van der Waals surface area contributed by atoms with Crippen LogP contribution < -0.4 is 0 Å². The molecule has 0 aromatic heterocycles. The van der Waals surface area contributed by atoms with E-state index in [9.17, 15) is 4.79 Å². The zero-order valence-electron chi connectivity index (χ0n) is 15.9. The smallest absolute Gasteiger partial charge is 0.339 e. The summed E-state index contributed by atoms with van der Waals surface area (Å²) in [5.74, 6) is 5.87. The first-order valence-electron chi connectivity index (χ1n) is 9.43. The molecule has 0 aliphatic rings. The van der Waals surface area contributed by atoms with E-state index in [4.69, 9.17) is 4.74 Å². The van der Waals surface area contributed by atoms with Gasteiger partial charge in [-0.25, -0.2) is 4.79 Å². The van der Waals surface area contributed by atoms with Crippen molar-refractivity contribution in [3.8, 4) is 11.8 Å². The van der Waals surface area contributed by atoms with Crippen molar-refractivity contribution in [2.24, 2.45) is 0 Å². The monoisotopic (exact) mass is 358 g/mol. The Balaban J connectivity index is 1.80. The van der Waals surface area contributed by atoms with E-state index in [0.717, 1.165) is 31.2 Å². The van der Waals surface area contributed by atoms with Crippen molar-refractivity contribution in [2.75, 3.05) is 6.61 Å². The van der Waals surface area contributed by atoms with Crippen LogP contribution in [0.3, 0.4) is 0 Å². The first-order chi connectivity index (χ1) is 13.3. The number of esters is 1. The number of ether oxygens (including phenoxy) is 1. The number of rotatable bonds is 8. The maximum atomic E-state index is 12.3. The summed E-state index contributed by atoms with van der Waals surface area (Å²) in [4.78, 5) is 12.3. The summed E-state index contributed by atoms with van der Waals surface area (Å²) in [6.45, 7) is 2.40. The van der Waals surface area contributed by atoms with Gasteiger partial charge in [0.25, 0.3) is 0 Å². The van der Waals surface area contributed by atoms with Crippen molar-refractivity contribution in [2.45, 2.75) is 32.6 Å². The molecule has 0 aliphatic carbocycles. The fourth-order valence-corrected chi connectivity index (χ4v) is 2.41. The van der Waals surface area contributed by atoms with Gasteiger partial charge in [-0.15, -0.1) is 0 Å². The number of carbonyl (C=O) groups excluding carboxylic acids is 1. The predicted octanol–water partition coefficient (Wildman–Crippen LogP) is 6.04. The van der Waals surface area contributed by atoms with Crippen molar-refractivity contribution in [1.29, 1.82) is 0 Å². The van der Waals surface area contributed by atoms with Crippen molar-refractivity contribution < 1.29 is 9.53 Å². The third-order valence-electron chi connectivity index (χ3n) is 3.88. The van der Waals surface area contributed by atoms with Crippen LogP contribution in [0.5, 0.6) is 0 Å². The minimum atomic E-state index is -0.333. The summed E-state index contributed by atoms with van der Waals surface area (Å²) in [5.41, 5.74) is 2.43. The SMILES string of the molecule is CCCCC#Cc1ccccc1C(=O)OC/C=C/C/C=C/c1ccccc1. The van der Waals surface area contributed by atoms with E-state index >= 15 is 0 Å². The number of unbranched alkanes of at least 4 members (excludes halogenated alkanes) is 2. The molecule has 0 unspecified atom stereocenters. The van der Waals surface area contributed by atoms with Crippen LogP contribution in [0.25, 0.3) is 6.08 Å². The second-order valence-electron chi connectivity index (χ2n) is 6.07. The average molecular weight is 358 g/mol. The summed E-state index contributed by atoms with van der Waals surface area (Å²) in [6.07, 6.45) is 11.8. The van der Waals surface area contributed by atoms with Gasteiger partial charge in [-0.05, 0) is 30.5 Å². The Morgan fingerprint density at radius 2 is 1.78 bits per heavy atom. The summed E-state index contributed by atoms with van der Waals surface area (Å²) in [5, 5.41) is 0. The Labute approximate surface area is 162 Å². The van der Waals surface area contributed by atoms with Gasteiger partial charge in [0.05, 0.1) is 5.56 Å². The van der Waals surface area contributed by atoms with Gasteiger partial charge >= 0.3 is 5.97 Å². The molecule has 0 fully saturated rings. The molecule has 2 heteroatoms. The molecule has 2 rings (SSSR count). The molecule has 0 saturated carbocycles. The van der Waals surface area contributed by atoms with E-state index in [0.29, 0.717) is 5.56 Å². The first kappa shape index (κ1) is 20.3. The van der Waals surface area contributed by atoms with Gasteiger partial charge < -0.3 is 4.74 Å². The van der Waals surface area contributed by atoms with Crippen molar-refractivity contribution >= 4 is 12.0 Å². The highest BCUT2D eigenvalue weighted by Gasteiger charge is 2.10. The largest absolute Gasteiger partial charge is 0.458 e. The quantitative estimate of drug-likeness (QED) is 0.249. The molecule has 0 bridgehead atoms. The summed E-state index contributed by atoms with van der Waals surface area (Å²) >= 11 is 0. The average Bonchev–Trinajstić information content (AvgIpc) is 2.71. The molecule has 0 amide bonds. The molecule has 0 aliphatic heterocycles. The molecule has 27 heavy (non-hydrogen) atoms. The highest BCUT2D eigenvalue weighted by molar-refractivity contribution is 5.92. The van der Waals surface area contributed by atoms with E-state index in [2.05, 4.69) is 43.0 Å². The number of benzene rings is 2. The van der Waals surface area contributed by atoms with Crippen LogP contribution in [0.4, 0.5) is 0 Å². The Hall–Kier alpha value is -3.05. The maximum Gasteiger partial charge on any atom is 0.339 e. The predicted molar refractivity (Wildman–Crippen MR) is 112 cm³/mol. The second-order valence-corrected chi connectivity index (χ2v) is 6.07. The maximum absolute atomic E-state index is 12.3. The van der Waals surface area contributed by atoms with Crippen LogP contribution in [0, 0.1) is 11.8 Å². The molecule has 2 nitrogen and oxygen atoms in total. The van der Waals surface area contributed by atoms with E-state index in [1.807, 2.05) is 48.6 Å². The molecule has 0 heterocycles. The Morgan fingerprint density at radius 3 is 2.59 bits per heavy atom. The van der Waals surface area contributed by atoms with Gasteiger partial charge in [0.1, 0.15) is 6.61 Å². The van der Waals surface area contributed by atoms with Gasteiger partial charge in [0, 0.05) is 12.0 Å². The normalized spacial score (nSPS) is 10.7. The fourth-order valence-electron chi connectivity index (χ4n) is 2.41. The highest BCUT2D eigenvalue weighted by Crippen LogP contribution is 2.09. The lowest BCUT2D eigenvalue weighted by Gasteiger charge is -2.04. The van der Waals surface area contributed by atoms with Gasteiger partial charge in [-0.3, -0.25) is 0 Å². The van der Waals surface area contributed by atoms with Crippen LogP contribution in [0.1, 0.15) is 54.1 Å². The third kappa shape index (κ3) is 7.79. The molecule has 0 atom stereocenters. The van der Waals surface area contributed by atoms with Crippen LogP contribution in [-0.2, 0) is 4.74 Å². The van der Waals surface area contributed by atoms with Crippen LogP contribution in [-0.4, -0.2) is 12.6 Å². The van der Waals surface area contributed by atoms with Crippen molar-refractivity contribution in [3.05, 3.63) is 89.5 Å². The van der Waals surface area contributed by atoms with Crippen molar-refractivity contribution in [1.82, 2.24) is 0 Å². The molecule has 0 N–H and O–H groups in total. The molecule has 138 valence electrons. The zero-order valence-corrected chi connectivity index (χ0v) is 15.9. The topological polar surface area (TPSA) is 26.3 Å². The fraction of sp³-hybridized carbons (Fsp3) is 0.240. The molecule has 0 spiro atoms. The molecule has 0 radical (unpaired) electrons. The number of hydrogen-bond acceptors (Lipinski definition) is 2. The highest BCUT2D eigenvalue weighted by atomic mass is 16.5.